The molecule has 1 aromatic heterocycles. The fourth-order valence-electron chi connectivity index (χ4n) is 4.55. The van der Waals surface area contributed by atoms with Gasteiger partial charge in [-0.1, -0.05) is 0 Å². The van der Waals surface area contributed by atoms with Gasteiger partial charge < -0.3 is 19.3 Å². The van der Waals surface area contributed by atoms with Crippen LogP contribution >= 0.6 is 0 Å². The fraction of sp³-hybridized carbons (Fsp3) is 0.727. The van der Waals surface area contributed by atoms with Crippen LogP contribution in [0.2, 0.25) is 0 Å². The highest BCUT2D eigenvalue weighted by molar-refractivity contribution is 5.95. The summed E-state index contributed by atoms with van der Waals surface area (Å²) in [5, 5.41) is 0. The number of pyridine rings is 1. The second kappa shape index (κ2) is 8.78. The maximum atomic E-state index is 5.91. The molecule has 6 nitrogen and oxygen atoms in total. The lowest BCUT2D eigenvalue weighted by molar-refractivity contribution is 0.205. The van der Waals surface area contributed by atoms with Gasteiger partial charge in [-0.05, 0) is 71.7 Å². The van der Waals surface area contributed by atoms with E-state index in [0.29, 0.717) is 25.0 Å². The quantitative estimate of drug-likeness (QED) is 0.643. The molecule has 0 saturated carbocycles. The van der Waals surface area contributed by atoms with Gasteiger partial charge in [0.2, 0.25) is 11.8 Å². The molecule has 4 heterocycles. The molecule has 4 rings (SSSR count). The molecule has 0 spiro atoms. The lowest BCUT2D eigenvalue weighted by atomic mass is 10.1. The van der Waals surface area contributed by atoms with Crippen molar-refractivity contribution in [2.24, 2.45) is 4.99 Å². The van der Waals surface area contributed by atoms with Crippen molar-refractivity contribution in [3.63, 3.8) is 0 Å². The predicted octanol–water partition coefficient (Wildman–Crippen LogP) is 2.97. The summed E-state index contributed by atoms with van der Waals surface area (Å²) in [7, 11) is 0. The Kier molecular flexibility index (Phi) is 6.16. The van der Waals surface area contributed by atoms with Gasteiger partial charge in [-0.15, -0.1) is 0 Å². The Balaban J connectivity index is 1.25. The van der Waals surface area contributed by atoms with Gasteiger partial charge in [-0.3, -0.25) is 0 Å². The van der Waals surface area contributed by atoms with Crippen LogP contribution in [0.5, 0.6) is 5.88 Å². The molecule has 3 aliphatic heterocycles. The van der Waals surface area contributed by atoms with Crippen molar-refractivity contribution < 1.29 is 9.47 Å². The summed E-state index contributed by atoms with van der Waals surface area (Å²) in [5.74, 6) is 1.39. The highest BCUT2D eigenvalue weighted by Gasteiger charge is 2.34. The summed E-state index contributed by atoms with van der Waals surface area (Å²) in [5.41, 5.74) is 0.782. The van der Waals surface area contributed by atoms with Crippen LogP contribution in [0.3, 0.4) is 0 Å². The van der Waals surface area contributed by atoms with Crippen LogP contribution in [0.4, 0.5) is 0 Å². The Hall–Kier alpha value is -1.66. The van der Waals surface area contributed by atoms with Gasteiger partial charge in [0.05, 0.1) is 12.2 Å². The van der Waals surface area contributed by atoms with E-state index in [9.17, 15) is 0 Å². The molecular formula is C22H34N4O2. The zero-order valence-corrected chi connectivity index (χ0v) is 17.4. The van der Waals surface area contributed by atoms with Gasteiger partial charge in [0.25, 0.3) is 0 Å². The monoisotopic (exact) mass is 386 g/mol. The molecule has 0 aromatic carbocycles. The SMILES string of the molecule is CC1CCCN1CCCOc1ccc(C2=NC(C)(CN3CCCC3)CO2)cn1. The Morgan fingerprint density at radius 1 is 1.21 bits per heavy atom. The van der Waals surface area contributed by atoms with E-state index >= 15 is 0 Å². The van der Waals surface area contributed by atoms with Gasteiger partial charge in [0.1, 0.15) is 12.1 Å². The molecule has 0 bridgehead atoms. The van der Waals surface area contributed by atoms with E-state index < -0.39 is 0 Å². The summed E-state index contributed by atoms with van der Waals surface area (Å²) < 4.78 is 11.7. The van der Waals surface area contributed by atoms with Crippen molar-refractivity contribution >= 4 is 5.90 Å². The maximum Gasteiger partial charge on any atom is 0.218 e. The lowest BCUT2D eigenvalue weighted by Crippen LogP contribution is -2.39. The first-order valence-electron chi connectivity index (χ1n) is 10.9. The number of aliphatic imine (C=N–C) groups is 1. The Bertz CT molecular complexity index is 672. The number of rotatable bonds is 8. The van der Waals surface area contributed by atoms with E-state index in [-0.39, 0.29) is 5.54 Å². The van der Waals surface area contributed by atoms with Crippen molar-refractivity contribution in [3.8, 4) is 5.88 Å². The predicted molar refractivity (Wildman–Crippen MR) is 111 cm³/mol. The largest absolute Gasteiger partial charge is 0.478 e. The molecule has 3 aliphatic rings. The number of hydrogen-bond donors (Lipinski definition) is 0. The third-order valence-electron chi connectivity index (χ3n) is 6.17. The van der Waals surface area contributed by atoms with Gasteiger partial charge in [-0.2, -0.15) is 0 Å². The van der Waals surface area contributed by atoms with E-state index in [1.165, 1.54) is 45.3 Å². The summed E-state index contributed by atoms with van der Waals surface area (Å²) in [6.45, 7) is 11.5. The standard InChI is InChI=1S/C22H34N4O2/c1-18-7-5-12-26(18)13-6-14-27-20-9-8-19(15-23-20)21-24-22(2,17-28-21)16-25-10-3-4-11-25/h8-9,15,18H,3-7,10-14,16-17H2,1-2H3. The smallest absolute Gasteiger partial charge is 0.218 e. The minimum Gasteiger partial charge on any atom is -0.478 e. The molecule has 2 unspecified atom stereocenters. The van der Waals surface area contributed by atoms with Crippen LogP contribution in [-0.4, -0.2) is 78.2 Å². The Morgan fingerprint density at radius 2 is 2.07 bits per heavy atom. The fourth-order valence-corrected chi connectivity index (χ4v) is 4.55. The first-order chi connectivity index (χ1) is 13.6. The van der Waals surface area contributed by atoms with Gasteiger partial charge >= 0.3 is 0 Å². The van der Waals surface area contributed by atoms with Crippen molar-refractivity contribution in [2.45, 2.75) is 57.5 Å². The number of hydrogen-bond acceptors (Lipinski definition) is 6. The van der Waals surface area contributed by atoms with Gasteiger partial charge in [-0.25, -0.2) is 9.98 Å². The number of likely N-dealkylation sites (tertiary alicyclic amines) is 2. The minimum atomic E-state index is -0.151. The van der Waals surface area contributed by atoms with E-state index in [0.717, 1.165) is 31.1 Å². The number of ether oxygens (including phenoxy) is 2. The van der Waals surface area contributed by atoms with Crippen LogP contribution in [0.1, 0.15) is 51.5 Å². The number of aromatic nitrogens is 1. The average molecular weight is 387 g/mol. The molecule has 0 aliphatic carbocycles. The highest BCUT2D eigenvalue weighted by Crippen LogP contribution is 2.25. The minimum absolute atomic E-state index is 0.151. The molecule has 2 atom stereocenters. The summed E-state index contributed by atoms with van der Waals surface area (Å²) >= 11 is 0. The normalized spacial score (nSPS) is 28.5. The summed E-state index contributed by atoms with van der Waals surface area (Å²) in [4.78, 5) is 14.4. The molecule has 154 valence electrons. The zero-order valence-electron chi connectivity index (χ0n) is 17.4. The van der Waals surface area contributed by atoms with Crippen LogP contribution in [0.25, 0.3) is 0 Å². The van der Waals surface area contributed by atoms with Crippen LogP contribution < -0.4 is 4.74 Å². The van der Waals surface area contributed by atoms with Gasteiger partial charge in [0, 0.05) is 31.4 Å². The van der Waals surface area contributed by atoms with Gasteiger partial charge in [0.15, 0.2) is 0 Å². The average Bonchev–Trinajstić information content (AvgIpc) is 3.42. The molecule has 28 heavy (non-hydrogen) atoms. The van der Waals surface area contributed by atoms with Crippen molar-refractivity contribution in [2.75, 3.05) is 45.9 Å². The zero-order chi connectivity index (χ0) is 19.4. The Labute approximate surface area is 168 Å². The molecule has 2 fully saturated rings. The lowest BCUT2D eigenvalue weighted by Gasteiger charge is -2.25. The number of nitrogens with zero attached hydrogens (tertiary/aromatic N) is 4. The van der Waals surface area contributed by atoms with E-state index in [2.05, 4.69) is 28.6 Å². The van der Waals surface area contributed by atoms with E-state index in [4.69, 9.17) is 14.5 Å². The third kappa shape index (κ3) is 4.84. The molecular weight excluding hydrogens is 352 g/mol. The van der Waals surface area contributed by atoms with Crippen LogP contribution in [0, 0.1) is 0 Å². The first-order valence-corrected chi connectivity index (χ1v) is 10.9. The molecule has 0 radical (unpaired) electrons. The molecule has 1 aromatic rings. The summed E-state index contributed by atoms with van der Waals surface area (Å²) in [6.07, 6.45) is 8.11. The second-order valence-corrected chi connectivity index (χ2v) is 8.80. The molecule has 0 N–H and O–H groups in total. The second-order valence-electron chi connectivity index (χ2n) is 8.80. The van der Waals surface area contributed by atoms with E-state index in [1.54, 1.807) is 0 Å². The topological polar surface area (TPSA) is 50.2 Å². The molecule has 2 saturated heterocycles. The van der Waals surface area contributed by atoms with Crippen LogP contribution in [-0.2, 0) is 4.74 Å². The van der Waals surface area contributed by atoms with Crippen molar-refractivity contribution in [1.82, 2.24) is 14.8 Å². The third-order valence-corrected chi connectivity index (χ3v) is 6.17. The summed E-state index contributed by atoms with van der Waals surface area (Å²) in [6, 6.07) is 4.65. The molecule has 6 heteroatoms. The maximum absolute atomic E-state index is 5.91. The highest BCUT2D eigenvalue weighted by atomic mass is 16.5. The van der Waals surface area contributed by atoms with Crippen molar-refractivity contribution in [3.05, 3.63) is 23.9 Å². The van der Waals surface area contributed by atoms with Crippen molar-refractivity contribution in [1.29, 1.82) is 0 Å². The Morgan fingerprint density at radius 3 is 2.79 bits per heavy atom. The van der Waals surface area contributed by atoms with E-state index in [1.807, 2.05) is 18.3 Å². The first kappa shape index (κ1) is 19.6. The molecule has 0 amide bonds. The van der Waals surface area contributed by atoms with Crippen LogP contribution in [0.15, 0.2) is 23.3 Å².